The lowest BCUT2D eigenvalue weighted by molar-refractivity contribution is -0.129. The number of benzene rings is 1. The largest absolute Gasteiger partial charge is 0.444 e. The summed E-state index contributed by atoms with van der Waals surface area (Å²) in [7, 11) is 0. The molecule has 2 N–H and O–H groups in total. The minimum atomic E-state index is -0.524. The smallest absolute Gasteiger partial charge is 0.410 e. The molecule has 4 rings (SSSR count). The fourth-order valence-electron chi connectivity index (χ4n) is 6.82. The Hall–Kier alpha value is -2.81. The van der Waals surface area contributed by atoms with Crippen LogP contribution in [0.1, 0.15) is 101 Å². The van der Waals surface area contributed by atoms with Crippen molar-refractivity contribution in [3.8, 4) is 0 Å². The molecule has 9 heteroatoms. The highest BCUT2D eigenvalue weighted by atomic mass is 16.6. The molecule has 42 heavy (non-hydrogen) atoms. The van der Waals surface area contributed by atoms with Crippen molar-refractivity contribution in [1.82, 2.24) is 15.5 Å². The highest BCUT2D eigenvalue weighted by Crippen LogP contribution is 2.36. The Labute approximate surface area is 252 Å². The van der Waals surface area contributed by atoms with E-state index in [9.17, 15) is 14.4 Å². The molecular formula is C33H52N4O5. The summed E-state index contributed by atoms with van der Waals surface area (Å²) in [6, 6.07) is 4.84. The van der Waals surface area contributed by atoms with Crippen LogP contribution >= 0.6 is 0 Å². The molecule has 3 unspecified atom stereocenters. The molecule has 0 bridgehead atoms. The Balaban J connectivity index is 1.58. The summed E-state index contributed by atoms with van der Waals surface area (Å²) in [6.45, 7) is 17.9. The van der Waals surface area contributed by atoms with Crippen molar-refractivity contribution in [1.29, 1.82) is 0 Å². The zero-order valence-electron chi connectivity index (χ0n) is 26.8. The molecule has 3 aliphatic rings. The standard InChI is InChI=1S/C33H52N4O5/c1-8-37(26-11-15-41-16-12-26)29-19-25(24-9-13-36(14-10-24)32(40)42-33(5,6)7)18-27(23(29)4)30(38)34-20-28-21(2)17-22(3)35-31(28)39/h18-19,21-22,24,26,28H,8-17,20H2,1-7H3,(H,34,38)(H,35,39). The number of anilines is 1. The van der Waals surface area contributed by atoms with Crippen LogP contribution in [0.15, 0.2) is 12.1 Å². The van der Waals surface area contributed by atoms with E-state index in [4.69, 9.17) is 9.47 Å². The maximum absolute atomic E-state index is 13.8. The fourth-order valence-corrected chi connectivity index (χ4v) is 6.82. The zero-order chi connectivity index (χ0) is 30.6. The number of amides is 3. The first-order valence-corrected chi connectivity index (χ1v) is 15.9. The molecule has 3 heterocycles. The number of carbonyl (C=O) groups excluding carboxylic acids is 3. The van der Waals surface area contributed by atoms with Gasteiger partial charge in [0.1, 0.15) is 5.60 Å². The molecule has 3 saturated heterocycles. The van der Waals surface area contributed by atoms with Crippen molar-refractivity contribution in [2.75, 3.05) is 44.3 Å². The van der Waals surface area contributed by atoms with Crippen LogP contribution in [0.2, 0.25) is 0 Å². The minimum absolute atomic E-state index is 0.0149. The average molecular weight is 585 g/mol. The van der Waals surface area contributed by atoms with Crippen LogP contribution in [-0.2, 0) is 14.3 Å². The molecule has 234 valence electrons. The summed E-state index contributed by atoms with van der Waals surface area (Å²) in [4.78, 5) is 43.4. The molecule has 9 nitrogen and oxygen atoms in total. The third kappa shape index (κ3) is 7.77. The number of piperidine rings is 2. The molecule has 3 fully saturated rings. The van der Waals surface area contributed by atoms with E-state index in [-0.39, 0.29) is 41.7 Å². The van der Waals surface area contributed by atoms with Gasteiger partial charge in [0, 0.05) is 62.7 Å². The van der Waals surface area contributed by atoms with E-state index in [0.29, 0.717) is 31.2 Å². The second-order valence-electron chi connectivity index (χ2n) is 13.5. The Kier molecular flexibility index (Phi) is 10.4. The van der Waals surface area contributed by atoms with E-state index in [1.807, 2.05) is 40.7 Å². The van der Waals surface area contributed by atoms with Crippen LogP contribution in [0.3, 0.4) is 0 Å². The molecule has 0 radical (unpaired) electrons. The van der Waals surface area contributed by atoms with Gasteiger partial charge in [0.25, 0.3) is 5.91 Å². The molecule has 0 saturated carbocycles. The van der Waals surface area contributed by atoms with E-state index in [2.05, 4.69) is 35.4 Å². The molecule has 0 aliphatic carbocycles. The lowest BCUT2D eigenvalue weighted by atomic mass is 9.84. The van der Waals surface area contributed by atoms with Gasteiger partial charge in [-0.2, -0.15) is 0 Å². The van der Waals surface area contributed by atoms with Crippen molar-refractivity contribution in [2.45, 2.75) is 104 Å². The van der Waals surface area contributed by atoms with Gasteiger partial charge >= 0.3 is 6.09 Å². The molecular weight excluding hydrogens is 532 g/mol. The highest BCUT2D eigenvalue weighted by molar-refractivity contribution is 5.98. The molecule has 1 aromatic rings. The molecule has 3 atom stereocenters. The Morgan fingerprint density at radius 2 is 1.79 bits per heavy atom. The van der Waals surface area contributed by atoms with Gasteiger partial charge in [-0.05, 0) is 109 Å². The van der Waals surface area contributed by atoms with Gasteiger partial charge in [0.2, 0.25) is 5.91 Å². The van der Waals surface area contributed by atoms with E-state index in [1.54, 1.807) is 4.90 Å². The SMILES string of the molecule is CCN(c1cc(C2CCN(C(=O)OC(C)(C)C)CC2)cc(C(=O)NCC2C(=O)NC(C)CC2C)c1C)C1CCOCC1. The van der Waals surface area contributed by atoms with Gasteiger partial charge in [-0.25, -0.2) is 4.79 Å². The highest BCUT2D eigenvalue weighted by Gasteiger charge is 2.33. The lowest BCUT2D eigenvalue weighted by Gasteiger charge is -2.38. The maximum Gasteiger partial charge on any atom is 0.410 e. The van der Waals surface area contributed by atoms with Gasteiger partial charge in [0.15, 0.2) is 0 Å². The number of hydrogen-bond donors (Lipinski definition) is 2. The topological polar surface area (TPSA) is 100 Å². The number of carbonyl (C=O) groups is 3. The van der Waals surface area contributed by atoms with Crippen LogP contribution in [0.4, 0.5) is 10.5 Å². The summed E-state index contributed by atoms with van der Waals surface area (Å²) in [5.41, 5.74) is 3.33. The van der Waals surface area contributed by atoms with Crippen molar-refractivity contribution >= 4 is 23.6 Å². The van der Waals surface area contributed by atoms with Crippen LogP contribution < -0.4 is 15.5 Å². The van der Waals surface area contributed by atoms with Crippen molar-refractivity contribution in [3.63, 3.8) is 0 Å². The normalized spacial score (nSPS) is 24.2. The second kappa shape index (κ2) is 13.7. The maximum atomic E-state index is 13.8. The Bertz CT molecular complexity index is 1120. The van der Waals surface area contributed by atoms with E-state index >= 15 is 0 Å². The molecule has 0 aromatic heterocycles. The number of hydrogen-bond acceptors (Lipinski definition) is 6. The van der Waals surface area contributed by atoms with Crippen molar-refractivity contribution in [3.05, 3.63) is 28.8 Å². The molecule has 0 spiro atoms. The second-order valence-corrected chi connectivity index (χ2v) is 13.5. The predicted octanol–water partition coefficient (Wildman–Crippen LogP) is 5.01. The number of rotatable bonds is 7. The van der Waals surface area contributed by atoms with Crippen molar-refractivity contribution in [2.24, 2.45) is 11.8 Å². The predicted molar refractivity (Wildman–Crippen MR) is 165 cm³/mol. The minimum Gasteiger partial charge on any atom is -0.444 e. The first-order chi connectivity index (χ1) is 19.9. The summed E-state index contributed by atoms with van der Waals surface area (Å²) in [6.07, 6.45) is 4.18. The van der Waals surface area contributed by atoms with E-state index in [1.165, 1.54) is 0 Å². The summed E-state index contributed by atoms with van der Waals surface area (Å²) in [5, 5.41) is 6.15. The summed E-state index contributed by atoms with van der Waals surface area (Å²) < 4.78 is 11.3. The van der Waals surface area contributed by atoms with Crippen molar-refractivity contribution < 1.29 is 23.9 Å². The average Bonchev–Trinajstić information content (AvgIpc) is 2.93. The first-order valence-electron chi connectivity index (χ1n) is 15.9. The third-order valence-corrected chi connectivity index (χ3v) is 9.17. The zero-order valence-corrected chi connectivity index (χ0v) is 26.8. The fraction of sp³-hybridized carbons (Fsp3) is 0.727. The number of nitrogens with zero attached hydrogens (tertiary/aromatic N) is 2. The number of nitrogens with one attached hydrogen (secondary N) is 2. The van der Waals surface area contributed by atoms with E-state index < -0.39 is 5.60 Å². The molecule has 1 aromatic carbocycles. The number of likely N-dealkylation sites (tertiary alicyclic amines) is 1. The van der Waals surface area contributed by atoms with Gasteiger partial charge in [-0.3, -0.25) is 9.59 Å². The molecule has 3 aliphatic heterocycles. The van der Waals surface area contributed by atoms with E-state index in [0.717, 1.165) is 68.7 Å². The van der Waals surface area contributed by atoms with Crippen LogP contribution in [0, 0.1) is 18.8 Å². The quantitative estimate of drug-likeness (QED) is 0.468. The lowest BCUT2D eigenvalue weighted by Crippen LogP contribution is -2.50. The van der Waals surface area contributed by atoms with Gasteiger partial charge in [-0.15, -0.1) is 0 Å². The Morgan fingerprint density at radius 3 is 2.38 bits per heavy atom. The summed E-state index contributed by atoms with van der Waals surface area (Å²) >= 11 is 0. The Morgan fingerprint density at radius 1 is 1.12 bits per heavy atom. The van der Waals surface area contributed by atoms with Crippen LogP contribution in [0.25, 0.3) is 0 Å². The van der Waals surface area contributed by atoms with Gasteiger partial charge < -0.3 is 29.9 Å². The van der Waals surface area contributed by atoms with Gasteiger partial charge in [0.05, 0.1) is 5.92 Å². The monoisotopic (exact) mass is 584 g/mol. The van der Waals surface area contributed by atoms with Crippen LogP contribution in [0.5, 0.6) is 0 Å². The summed E-state index contributed by atoms with van der Waals surface area (Å²) in [5.74, 6) is 0.0779. The van der Waals surface area contributed by atoms with Gasteiger partial charge in [-0.1, -0.05) is 6.92 Å². The molecule has 3 amide bonds. The first kappa shape index (κ1) is 32.1. The van der Waals surface area contributed by atoms with Crippen LogP contribution in [-0.4, -0.2) is 79.9 Å². The number of ether oxygens (including phenoxy) is 2. The third-order valence-electron chi connectivity index (χ3n) is 9.17.